The molecule has 2 aliphatic rings. The van der Waals surface area contributed by atoms with Crippen LogP contribution in [0.5, 0.6) is 5.75 Å². The quantitative estimate of drug-likeness (QED) is 0.551. The summed E-state index contributed by atoms with van der Waals surface area (Å²) in [7, 11) is 0. The number of carbonyl (C=O) groups excluding carboxylic acids is 1. The highest BCUT2D eigenvalue weighted by Crippen LogP contribution is 2.20. The molecule has 2 fully saturated rings. The third-order valence-electron chi connectivity index (χ3n) is 6.30. The zero-order valence-corrected chi connectivity index (χ0v) is 19.1. The molecule has 5 rings (SSSR count). The fraction of sp³-hybridized carbons (Fsp3) is 0.423. The van der Waals surface area contributed by atoms with Crippen molar-refractivity contribution in [3.05, 3.63) is 70.3 Å². The number of rotatable bonds is 8. The Morgan fingerprint density at radius 3 is 2.50 bits per heavy atom. The van der Waals surface area contributed by atoms with Crippen molar-refractivity contribution < 1.29 is 19.0 Å². The van der Waals surface area contributed by atoms with Gasteiger partial charge in [-0.2, -0.15) is 0 Å². The molecule has 2 aliphatic heterocycles. The third kappa shape index (κ3) is 5.29. The zero-order chi connectivity index (χ0) is 23.3. The van der Waals surface area contributed by atoms with Gasteiger partial charge in [0.15, 0.2) is 0 Å². The molecule has 2 saturated heterocycles. The van der Waals surface area contributed by atoms with Crippen LogP contribution in [0.15, 0.2) is 53.3 Å². The minimum atomic E-state index is -0.210. The second-order valence-corrected chi connectivity index (χ2v) is 8.82. The van der Waals surface area contributed by atoms with Crippen molar-refractivity contribution >= 4 is 16.8 Å². The van der Waals surface area contributed by atoms with Crippen molar-refractivity contribution in [2.75, 3.05) is 26.4 Å². The van der Waals surface area contributed by atoms with E-state index in [2.05, 4.69) is 9.97 Å². The Morgan fingerprint density at radius 2 is 1.76 bits per heavy atom. The molecule has 1 aromatic heterocycles. The number of nitrogens with zero attached hydrogens (tertiary/aromatic N) is 2. The van der Waals surface area contributed by atoms with Gasteiger partial charge in [0.1, 0.15) is 18.2 Å². The highest BCUT2D eigenvalue weighted by atomic mass is 16.5. The molecule has 3 heterocycles. The second kappa shape index (κ2) is 10.4. The number of benzene rings is 2. The van der Waals surface area contributed by atoms with Crippen LogP contribution >= 0.6 is 0 Å². The summed E-state index contributed by atoms with van der Waals surface area (Å²) in [6, 6.07) is 14.3. The zero-order valence-electron chi connectivity index (χ0n) is 19.1. The van der Waals surface area contributed by atoms with Crippen LogP contribution in [0.25, 0.3) is 10.9 Å². The molecule has 0 aliphatic carbocycles. The van der Waals surface area contributed by atoms with E-state index in [0.717, 1.165) is 32.3 Å². The molecule has 0 spiro atoms. The normalized spacial score (nSPS) is 20.0. The van der Waals surface area contributed by atoms with E-state index in [4.69, 9.17) is 14.2 Å². The van der Waals surface area contributed by atoms with E-state index >= 15 is 0 Å². The molecule has 0 radical (unpaired) electrons. The number of carbonyl (C=O) groups is 1. The molecule has 1 N–H and O–H groups in total. The third-order valence-corrected chi connectivity index (χ3v) is 6.30. The van der Waals surface area contributed by atoms with Crippen LogP contribution in [0.1, 0.15) is 41.9 Å². The molecule has 8 heteroatoms. The molecule has 34 heavy (non-hydrogen) atoms. The maximum Gasteiger partial charge on any atom is 0.258 e. The van der Waals surface area contributed by atoms with E-state index in [1.54, 1.807) is 35.2 Å². The van der Waals surface area contributed by atoms with Gasteiger partial charge in [0, 0.05) is 25.3 Å². The van der Waals surface area contributed by atoms with Crippen molar-refractivity contribution in [1.29, 1.82) is 0 Å². The summed E-state index contributed by atoms with van der Waals surface area (Å²) in [5.74, 6) is 1.02. The number of nitrogens with one attached hydrogen (secondary N) is 1. The molecule has 8 nitrogen and oxygen atoms in total. The highest BCUT2D eigenvalue weighted by Gasteiger charge is 2.25. The number of hydrogen-bond acceptors (Lipinski definition) is 6. The standard InChI is InChI=1S/C26H29N3O5/c30-25-22-7-1-2-8-23(22)27-24(28-25)16-29(15-20-5-3-13-32-20)26(31)18-9-11-19(12-10-18)34-17-21-6-4-14-33-21/h1-2,7-12,20-21H,3-6,13-17H2,(H,27,28,30)/t20-,21-/m0/s1. The van der Waals surface area contributed by atoms with Gasteiger partial charge in [-0.25, -0.2) is 4.98 Å². The minimum Gasteiger partial charge on any atom is -0.491 e. The Bertz CT molecular complexity index is 1180. The maximum atomic E-state index is 13.5. The summed E-state index contributed by atoms with van der Waals surface area (Å²) in [5.41, 5.74) is 0.946. The van der Waals surface area contributed by atoms with Crippen molar-refractivity contribution in [1.82, 2.24) is 14.9 Å². The number of H-pyrrole nitrogens is 1. The van der Waals surface area contributed by atoms with Crippen LogP contribution in [-0.2, 0) is 16.0 Å². The van der Waals surface area contributed by atoms with E-state index in [0.29, 0.717) is 47.8 Å². The van der Waals surface area contributed by atoms with E-state index in [1.807, 2.05) is 18.2 Å². The molecule has 2 aromatic carbocycles. The Kier molecular flexibility index (Phi) is 6.87. The number of aromatic nitrogens is 2. The van der Waals surface area contributed by atoms with E-state index < -0.39 is 0 Å². The molecule has 1 amide bonds. The van der Waals surface area contributed by atoms with Gasteiger partial charge in [0.25, 0.3) is 11.5 Å². The van der Waals surface area contributed by atoms with Gasteiger partial charge in [-0.3, -0.25) is 9.59 Å². The molecular weight excluding hydrogens is 434 g/mol. The first-order valence-electron chi connectivity index (χ1n) is 11.9. The molecule has 2 atom stereocenters. The predicted octanol–water partition coefficient (Wildman–Crippen LogP) is 3.30. The monoisotopic (exact) mass is 463 g/mol. The van der Waals surface area contributed by atoms with Crippen molar-refractivity contribution in [2.45, 2.75) is 44.4 Å². The van der Waals surface area contributed by atoms with Gasteiger partial charge in [0.2, 0.25) is 0 Å². The minimum absolute atomic E-state index is 0.0230. The number of amides is 1. The molecule has 178 valence electrons. The van der Waals surface area contributed by atoms with Gasteiger partial charge in [0.05, 0.1) is 29.7 Å². The lowest BCUT2D eigenvalue weighted by molar-refractivity contribution is 0.0501. The Hall–Kier alpha value is -3.23. The van der Waals surface area contributed by atoms with Gasteiger partial charge < -0.3 is 24.1 Å². The fourth-order valence-electron chi connectivity index (χ4n) is 4.49. The van der Waals surface area contributed by atoms with E-state index in [9.17, 15) is 9.59 Å². The van der Waals surface area contributed by atoms with E-state index in [-0.39, 0.29) is 30.2 Å². The lowest BCUT2D eigenvalue weighted by atomic mass is 10.1. The Balaban J connectivity index is 1.32. The Morgan fingerprint density at radius 1 is 1.03 bits per heavy atom. The van der Waals surface area contributed by atoms with Gasteiger partial charge in [-0.05, 0) is 62.1 Å². The summed E-state index contributed by atoms with van der Waals surface area (Å²) in [5, 5.41) is 0.529. The first kappa shape index (κ1) is 22.6. The van der Waals surface area contributed by atoms with Gasteiger partial charge in [-0.1, -0.05) is 12.1 Å². The van der Waals surface area contributed by atoms with Gasteiger partial charge in [-0.15, -0.1) is 0 Å². The predicted molar refractivity (Wildman–Crippen MR) is 127 cm³/mol. The van der Waals surface area contributed by atoms with Crippen LogP contribution in [0.4, 0.5) is 0 Å². The number of ether oxygens (including phenoxy) is 3. The fourth-order valence-corrected chi connectivity index (χ4v) is 4.49. The first-order valence-corrected chi connectivity index (χ1v) is 11.9. The topological polar surface area (TPSA) is 93.8 Å². The van der Waals surface area contributed by atoms with Crippen LogP contribution in [0.2, 0.25) is 0 Å². The second-order valence-electron chi connectivity index (χ2n) is 8.82. The molecule has 3 aromatic rings. The van der Waals surface area contributed by atoms with Crippen molar-refractivity contribution in [3.63, 3.8) is 0 Å². The van der Waals surface area contributed by atoms with Crippen LogP contribution in [0, 0.1) is 0 Å². The number of fused-ring (bicyclic) bond motifs is 1. The van der Waals surface area contributed by atoms with Gasteiger partial charge >= 0.3 is 0 Å². The Labute approximate surface area is 197 Å². The largest absolute Gasteiger partial charge is 0.491 e. The summed E-state index contributed by atoms with van der Waals surface area (Å²) in [6.07, 6.45) is 4.08. The summed E-state index contributed by atoms with van der Waals surface area (Å²) in [4.78, 5) is 35.1. The van der Waals surface area contributed by atoms with Crippen molar-refractivity contribution in [3.8, 4) is 5.75 Å². The van der Waals surface area contributed by atoms with Crippen molar-refractivity contribution in [2.24, 2.45) is 0 Å². The molecule has 0 bridgehead atoms. The van der Waals surface area contributed by atoms with Crippen LogP contribution in [-0.4, -0.2) is 59.3 Å². The summed E-state index contributed by atoms with van der Waals surface area (Å²) >= 11 is 0. The number of para-hydroxylation sites is 1. The lowest BCUT2D eigenvalue weighted by Gasteiger charge is -2.25. The average molecular weight is 464 g/mol. The van der Waals surface area contributed by atoms with Crippen LogP contribution in [0.3, 0.4) is 0 Å². The summed E-state index contributed by atoms with van der Waals surface area (Å²) < 4.78 is 17.2. The first-order chi connectivity index (χ1) is 16.7. The maximum absolute atomic E-state index is 13.5. The average Bonchev–Trinajstić information content (AvgIpc) is 3.57. The smallest absolute Gasteiger partial charge is 0.258 e. The molecule has 0 saturated carbocycles. The number of hydrogen-bond donors (Lipinski definition) is 1. The van der Waals surface area contributed by atoms with Crippen LogP contribution < -0.4 is 10.3 Å². The highest BCUT2D eigenvalue weighted by molar-refractivity contribution is 5.94. The summed E-state index contributed by atoms with van der Waals surface area (Å²) in [6.45, 7) is 2.63. The molecular formula is C26H29N3O5. The SMILES string of the molecule is O=C(c1ccc(OC[C@@H]2CCCO2)cc1)N(Cc1nc2ccccc2c(=O)[nH]1)C[C@@H]1CCCO1. The molecule has 0 unspecified atom stereocenters. The number of aromatic amines is 1. The van der Waals surface area contributed by atoms with E-state index in [1.165, 1.54) is 0 Å². The lowest BCUT2D eigenvalue weighted by Crippen LogP contribution is -2.37.